The molecular formula is C17H16N2O6. The number of methoxy groups -OCH3 is 1. The summed E-state index contributed by atoms with van der Waals surface area (Å²) in [7, 11) is 1.48. The highest BCUT2D eigenvalue weighted by molar-refractivity contribution is 6.03. The van der Waals surface area contributed by atoms with Crippen LogP contribution in [0.1, 0.15) is 15.9 Å². The number of aliphatic hydroxyl groups is 2. The molecule has 0 radical (unpaired) electrons. The topological polar surface area (TPSA) is 122 Å². The maximum absolute atomic E-state index is 11.4. The second-order valence-electron chi connectivity index (χ2n) is 5.27. The molecule has 0 aliphatic carbocycles. The van der Waals surface area contributed by atoms with Crippen LogP contribution in [0.5, 0.6) is 5.75 Å². The van der Waals surface area contributed by atoms with Gasteiger partial charge < -0.3 is 24.8 Å². The summed E-state index contributed by atoms with van der Waals surface area (Å²) in [4.78, 5) is 20.4. The molecule has 8 nitrogen and oxygen atoms in total. The van der Waals surface area contributed by atoms with Gasteiger partial charge in [0, 0.05) is 5.56 Å². The molecule has 0 spiro atoms. The third-order valence-corrected chi connectivity index (χ3v) is 3.71. The van der Waals surface area contributed by atoms with Gasteiger partial charge in [0.1, 0.15) is 16.8 Å². The summed E-state index contributed by atoms with van der Waals surface area (Å²) < 4.78 is 10.4. The number of carbonyl (C=O) groups is 1. The van der Waals surface area contributed by atoms with Gasteiger partial charge in [0.15, 0.2) is 6.29 Å². The Bertz CT molecular complexity index is 943. The highest BCUT2D eigenvalue weighted by Gasteiger charge is 2.16. The van der Waals surface area contributed by atoms with Crippen molar-refractivity contribution < 1.29 is 29.6 Å². The van der Waals surface area contributed by atoms with E-state index < -0.39 is 18.9 Å². The summed E-state index contributed by atoms with van der Waals surface area (Å²) in [5.74, 6) is -0.653. The van der Waals surface area contributed by atoms with E-state index in [1.54, 1.807) is 24.3 Å². The Balaban J connectivity index is 2.22. The summed E-state index contributed by atoms with van der Waals surface area (Å²) in [6.07, 6.45) is -1.30. The largest absolute Gasteiger partial charge is 0.494 e. The van der Waals surface area contributed by atoms with Crippen LogP contribution < -0.4 is 4.74 Å². The normalized spacial score (nSPS) is 12.4. The lowest BCUT2D eigenvalue weighted by Crippen LogP contribution is -2.16. The van der Waals surface area contributed by atoms with Crippen LogP contribution in [0.3, 0.4) is 0 Å². The van der Waals surface area contributed by atoms with Crippen LogP contribution in [0, 0.1) is 0 Å². The summed E-state index contributed by atoms with van der Waals surface area (Å²) >= 11 is 0. The van der Waals surface area contributed by atoms with E-state index in [4.69, 9.17) is 14.6 Å². The Kier molecular flexibility index (Phi) is 4.75. The predicted octanol–water partition coefficient (Wildman–Crippen LogP) is 1.32. The molecule has 3 rings (SSSR count). The smallest absolute Gasteiger partial charge is 0.337 e. The Morgan fingerprint density at radius 3 is 2.64 bits per heavy atom. The molecule has 0 aliphatic rings. The molecule has 25 heavy (non-hydrogen) atoms. The maximum Gasteiger partial charge on any atom is 0.337 e. The van der Waals surface area contributed by atoms with Gasteiger partial charge in [-0.1, -0.05) is 12.1 Å². The van der Waals surface area contributed by atoms with Gasteiger partial charge >= 0.3 is 5.97 Å². The van der Waals surface area contributed by atoms with Crippen LogP contribution in [0.2, 0.25) is 0 Å². The zero-order valence-electron chi connectivity index (χ0n) is 13.3. The van der Waals surface area contributed by atoms with Crippen molar-refractivity contribution in [2.24, 2.45) is 0 Å². The van der Waals surface area contributed by atoms with Crippen molar-refractivity contribution in [2.45, 2.75) is 12.9 Å². The highest BCUT2D eigenvalue weighted by atomic mass is 16.6. The van der Waals surface area contributed by atoms with Crippen LogP contribution in [0.4, 0.5) is 0 Å². The van der Waals surface area contributed by atoms with Gasteiger partial charge in [0.2, 0.25) is 0 Å². The van der Waals surface area contributed by atoms with E-state index in [0.29, 0.717) is 27.9 Å². The zero-order chi connectivity index (χ0) is 18.0. The average molecular weight is 344 g/mol. The minimum absolute atomic E-state index is 0.00102. The molecule has 0 saturated carbocycles. The van der Waals surface area contributed by atoms with Crippen LogP contribution in [0.25, 0.3) is 22.1 Å². The van der Waals surface area contributed by atoms with E-state index in [9.17, 15) is 15.0 Å². The first-order chi connectivity index (χ1) is 12.0. The molecular weight excluding hydrogens is 328 g/mol. The molecule has 1 unspecified atom stereocenters. The van der Waals surface area contributed by atoms with E-state index in [0.717, 1.165) is 0 Å². The van der Waals surface area contributed by atoms with Crippen molar-refractivity contribution in [1.29, 1.82) is 0 Å². The fourth-order valence-corrected chi connectivity index (χ4v) is 2.50. The molecule has 0 bridgehead atoms. The molecule has 3 N–H and O–H groups in total. The first kappa shape index (κ1) is 17.0. The lowest BCUT2D eigenvalue weighted by Gasteiger charge is -2.13. The number of carboxylic acid groups (broad SMARTS) is 1. The highest BCUT2D eigenvalue weighted by Crippen LogP contribution is 2.29. The molecule has 1 heterocycles. The number of carboxylic acids is 1. The minimum atomic E-state index is -1.30. The third kappa shape index (κ3) is 3.22. The second-order valence-corrected chi connectivity index (χ2v) is 5.27. The fraction of sp³-hybridized carbons (Fsp3) is 0.235. The number of hydrogen-bond donors (Lipinski definition) is 3. The first-order valence-electron chi connectivity index (χ1n) is 7.45. The number of benzene rings is 2. The van der Waals surface area contributed by atoms with Gasteiger partial charge in [0.25, 0.3) is 0 Å². The SMILES string of the molecule is COc1ccc(COC(O)CO)c2nc3cccc(C(=O)O)c3nc12. The first-order valence-corrected chi connectivity index (χ1v) is 7.45. The number of para-hydroxylation sites is 1. The van der Waals surface area contributed by atoms with Crippen molar-refractivity contribution in [2.75, 3.05) is 13.7 Å². The Hall–Kier alpha value is -2.81. The number of aliphatic hydroxyl groups excluding tert-OH is 2. The molecule has 0 saturated heterocycles. The minimum Gasteiger partial charge on any atom is -0.494 e. The number of rotatable bonds is 6. The van der Waals surface area contributed by atoms with Crippen molar-refractivity contribution in [3.05, 3.63) is 41.5 Å². The number of nitrogens with zero attached hydrogens (tertiary/aromatic N) is 2. The Labute approximate surface area is 142 Å². The number of fused-ring (bicyclic) bond motifs is 2. The zero-order valence-corrected chi connectivity index (χ0v) is 13.3. The van der Waals surface area contributed by atoms with Gasteiger partial charge in [-0.3, -0.25) is 0 Å². The van der Waals surface area contributed by atoms with Gasteiger partial charge in [-0.2, -0.15) is 0 Å². The molecule has 0 fully saturated rings. The Morgan fingerprint density at radius 1 is 1.16 bits per heavy atom. The monoisotopic (exact) mass is 344 g/mol. The standard InChI is InChI=1S/C17H16N2O6/c1-24-12-6-5-9(8-25-13(21)7-20)14-16(12)19-15-10(17(22)23)3-2-4-11(15)18-14/h2-6,13,20-21H,7-8H2,1H3,(H,22,23). The summed E-state index contributed by atoms with van der Waals surface area (Å²) in [5.41, 5.74) is 2.21. The van der Waals surface area contributed by atoms with E-state index >= 15 is 0 Å². The van der Waals surface area contributed by atoms with E-state index in [2.05, 4.69) is 9.97 Å². The number of ether oxygens (including phenoxy) is 2. The van der Waals surface area contributed by atoms with Crippen LogP contribution in [-0.2, 0) is 11.3 Å². The maximum atomic E-state index is 11.4. The summed E-state index contributed by atoms with van der Waals surface area (Å²) in [6, 6.07) is 8.10. The quantitative estimate of drug-likeness (QED) is 0.452. The van der Waals surface area contributed by atoms with E-state index in [1.807, 2.05) is 0 Å². The van der Waals surface area contributed by atoms with Gasteiger partial charge in [0.05, 0.1) is 36.9 Å². The number of aromatic carboxylic acids is 1. The second kappa shape index (κ2) is 6.98. The molecule has 8 heteroatoms. The van der Waals surface area contributed by atoms with Crippen molar-refractivity contribution in [3.63, 3.8) is 0 Å². The van der Waals surface area contributed by atoms with E-state index in [1.165, 1.54) is 13.2 Å². The van der Waals surface area contributed by atoms with Crippen molar-refractivity contribution in [1.82, 2.24) is 9.97 Å². The van der Waals surface area contributed by atoms with Crippen molar-refractivity contribution >= 4 is 28.0 Å². The Morgan fingerprint density at radius 2 is 1.96 bits per heavy atom. The number of aromatic nitrogens is 2. The van der Waals surface area contributed by atoms with Crippen LogP contribution >= 0.6 is 0 Å². The molecule has 3 aromatic rings. The van der Waals surface area contributed by atoms with Gasteiger partial charge in [-0.25, -0.2) is 14.8 Å². The fourth-order valence-electron chi connectivity index (χ4n) is 2.50. The molecule has 130 valence electrons. The molecule has 2 aromatic carbocycles. The molecule has 0 amide bonds. The summed E-state index contributed by atoms with van der Waals surface area (Å²) in [6.45, 7) is -0.522. The van der Waals surface area contributed by atoms with Crippen LogP contribution in [-0.4, -0.2) is 51.3 Å². The van der Waals surface area contributed by atoms with E-state index in [-0.39, 0.29) is 17.7 Å². The van der Waals surface area contributed by atoms with Gasteiger partial charge in [-0.15, -0.1) is 0 Å². The molecule has 1 aromatic heterocycles. The lowest BCUT2D eigenvalue weighted by atomic mass is 10.1. The predicted molar refractivity (Wildman–Crippen MR) is 88.4 cm³/mol. The average Bonchev–Trinajstić information content (AvgIpc) is 2.63. The van der Waals surface area contributed by atoms with Gasteiger partial charge in [-0.05, 0) is 18.2 Å². The third-order valence-electron chi connectivity index (χ3n) is 3.71. The molecule has 0 aliphatic heterocycles. The number of hydrogen-bond acceptors (Lipinski definition) is 7. The van der Waals surface area contributed by atoms with Crippen molar-refractivity contribution in [3.8, 4) is 5.75 Å². The molecule has 1 atom stereocenters. The lowest BCUT2D eigenvalue weighted by molar-refractivity contribution is -0.131. The summed E-state index contributed by atoms with van der Waals surface area (Å²) in [5, 5.41) is 27.6. The van der Waals surface area contributed by atoms with Crippen LogP contribution in [0.15, 0.2) is 30.3 Å².